The van der Waals surface area contributed by atoms with Crippen molar-refractivity contribution in [3.8, 4) is 0 Å². The van der Waals surface area contributed by atoms with Crippen LogP contribution in [-0.2, 0) is 16.0 Å². The minimum Gasteiger partial charge on any atom is -0.396 e. The molecule has 1 unspecified atom stereocenters. The highest BCUT2D eigenvalue weighted by Crippen LogP contribution is 2.34. The van der Waals surface area contributed by atoms with Crippen LogP contribution in [0.5, 0.6) is 0 Å². The highest BCUT2D eigenvalue weighted by atomic mass is 32.2. The van der Waals surface area contributed by atoms with Crippen molar-refractivity contribution in [1.82, 2.24) is 4.98 Å². The van der Waals surface area contributed by atoms with Gasteiger partial charge in [-0.2, -0.15) is 13.2 Å². The van der Waals surface area contributed by atoms with Crippen molar-refractivity contribution in [2.45, 2.75) is 25.1 Å². The minimum atomic E-state index is -4.58. The molecule has 1 aliphatic heterocycles. The van der Waals surface area contributed by atoms with Crippen LogP contribution < -0.4 is 11.1 Å². The molecule has 1 fully saturated rings. The van der Waals surface area contributed by atoms with E-state index in [2.05, 4.69) is 10.3 Å². The number of sulfone groups is 1. The molecule has 0 saturated carbocycles. The van der Waals surface area contributed by atoms with Gasteiger partial charge in [0, 0.05) is 5.54 Å². The maximum Gasteiger partial charge on any atom is 0.433 e. The standard InChI is InChI=1S/C11H14F3N3O2S/c1-10(2-3-20(18,19)6-10)17-8-4-9(11(12,13)14)16-5-7(8)15/h4-5H,2-3,6,15H2,1H3,(H,16,17). The van der Waals surface area contributed by atoms with E-state index in [0.29, 0.717) is 6.42 Å². The zero-order valence-corrected chi connectivity index (χ0v) is 11.5. The molecule has 1 aromatic rings. The maximum atomic E-state index is 12.6. The van der Waals surface area contributed by atoms with Crippen LogP contribution in [0.4, 0.5) is 24.5 Å². The first-order chi connectivity index (χ1) is 9.01. The van der Waals surface area contributed by atoms with E-state index in [-0.39, 0.29) is 22.9 Å². The van der Waals surface area contributed by atoms with Crippen LogP contribution >= 0.6 is 0 Å². The number of nitrogens with zero attached hydrogens (tertiary/aromatic N) is 1. The topological polar surface area (TPSA) is 85.1 Å². The highest BCUT2D eigenvalue weighted by Gasteiger charge is 2.39. The third-order valence-corrected chi connectivity index (χ3v) is 5.07. The molecule has 0 aromatic carbocycles. The number of halogens is 3. The third-order valence-electron chi connectivity index (χ3n) is 3.16. The van der Waals surface area contributed by atoms with Crippen LogP contribution in [0.2, 0.25) is 0 Å². The van der Waals surface area contributed by atoms with E-state index in [1.165, 1.54) is 0 Å². The molecule has 9 heteroatoms. The van der Waals surface area contributed by atoms with Gasteiger partial charge < -0.3 is 11.1 Å². The molecule has 0 radical (unpaired) electrons. The van der Waals surface area contributed by atoms with E-state index in [0.717, 1.165) is 12.3 Å². The first-order valence-corrected chi connectivity index (χ1v) is 7.64. The van der Waals surface area contributed by atoms with Gasteiger partial charge in [0.1, 0.15) is 5.69 Å². The lowest BCUT2D eigenvalue weighted by molar-refractivity contribution is -0.141. The second-order valence-corrected chi connectivity index (χ2v) is 7.37. The average molecular weight is 309 g/mol. The lowest BCUT2D eigenvalue weighted by Gasteiger charge is -2.26. The SMILES string of the molecule is CC1(Nc2cc(C(F)(F)F)ncc2N)CCS(=O)(=O)C1. The number of pyridine rings is 1. The number of aromatic nitrogens is 1. The Labute approximate surface area is 114 Å². The molecule has 1 saturated heterocycles. The van der Waals surface area contributed by atoms with Crippen LogP contribution in [0.3, 0.4) is 0 Å². The molecule has 1 aromatic heterocycles. The Morgan fingerprint density at radius 3 is 2.60 bits per heavy atom. The number of nitrogen functional groups attached to an aromatic ring is 1. The molecule has 0 amide bonds. The van der Waals surface area contributed by atoms with E-state index in [1.54, 1.807) is 6.92 Å². The fourth-order valence-corrected chi connectivity index (χ4v) is 4.26. The molecule has 1 atom stereocenters. The number of rotatable bonds is 2. The van der Waals surface area contributed by atoms with Gasteiger partial charge in [-0.3, -0.25) is 0 Å². The Kier molecular flexibility index (Phi) is 3.35. The lowest BCUT2D eigenvalue weighted by atomic mass is 10.0. The normalized spacial score (nSPS) is 25.6. The predicted octanol–water partition coefficient (Wildman–Crippen LogP) is 1.67. The Morgan fingerprint density at radius 2 is 2.10 bits per heavy atom. The van der Waals surface area contributed by atoms with E-state index < -0.39 is 27.2 Å². The van der Waals surface area contributed by atoms with E-state index in [1.807, 2.05) is 0 Å². The molecule has 2 rings (SSSR count). The van der Waals surface area contributed by atoms with Gasteiger partial charge in [-0.25, -0.2) is 13.4 Å². The van der Waals surface area contributed by atoms with Gasteiger partial charge in [0.25, 0.3) is 0 Å². The summed E-state index contributed by atoms with van der Waals surface area (Å²) in [5, 5.41) is 2.81. The van der Waals surface area contributed by atoms with Crippen molar-refractivity contribution in [2.24, 2.45) is 0 Å². The zero-order chi connectivity index (χ0) is 15.2. The zero-order valence-electron chi connectivity index (χ0n) is 10.7. The van der Waals surface area contributed by atoms with Crippen molar-refractivity contribution >= 4 is 21.2 Å². The molecule has 0 spiro atoms. The number of hydrogen-bond donors (Lipinski definition) is 2. The second-order valence-electron chi connectivity index (χ2n) is 5.18. The van der Waals surface area contributed by atoms with Crippen LogP contribution in [0.15, 0.2) is 12.3 Å². The first kappa shape index (κ1) is 14.9. The fraction of sp³-hybridized carbons (Fsp3) is 0.545. The number of alkyl halides is 3. The van der Waals surface area contributed by atoms with Crippen LogP contribution in [0.25, 0.3) is 0 Å². The number of hydrogen-bond acceptors (Lipinski definition) is 5. The van der Waals surface area contributed by atoms with Crippen LogP contribution in [-0.4, -0.2) is 30.4 Å². The molecule has 5 nitrogen and oxygen atoms in total. The smallest absolute Gasteiger partial charge is 0.396 e. The lowest BCUT2D eigenvalue weighted by Crippen LogP contribution is -2.36. The number of anilines is 2. The molecule has 20 heavy (non-hydrogen) atoms. The fourth-order valence-electron chi connectivity index (χ4n) is 2.16. The molecule has 2 heterocycles. The molecule has 0 bridgehead atoms. The van der Waals surface area contributed by atoms with Gasteiger partial charge >= 0.3 is 6.18 Å². The summed E-state index contributed by atoms with van der Waals surface area (Å²) < 4.78 is 60.8. The first-order valence-electron chi connectivity index (χ1n) is 5.82. The Hall–Kier alpha value is -1.51. The number of nitrogens with two attached hydrogens (primary N) is 1. The minimum absolute atomic E-state index is 0.00756. The monoisotopic (exact) mass is 309 g/mol. The van der Waals surface area contributed by atoms with Crippen molar-refractivity contribution in [2.75, 3.05) is 22.6 Å². The van der Waals surface area contributed by atoms with Crippen LogP contribution in [0, 0.1) is 0 Å². The highest BCUT2D eigenvalue weighted by molar-refractivity contribution is 7.91. The molecule has 1 aliphatic rings. The van der Waals surface area contributed by atoms with E-state index >= 15 is 0 Å². The average Bonchev–Trinajstić information content (AvgIpc) is 2.55. The third kappa shape index (κ3) is 3.14. The largest absolute Gasteiger partial charge is 0.433 e. The molecule has 112 valence electrons. The summed E-state index contributed by atoms with van der Waals surface area (Å²) in [7, 11) is -3.17. The van der Waals surface area contributed by atoms with Gasteiger partial charge in [-0.05, 0) is 19.4 Å². The summed E-state index contributed by atoms with van der Waals surface area (Å²) in [5.41, 5.74) is 3.80. The quantitative estimate of drug-likeness (QED) is 0.868. The van der Waals surface area contributed by atoms with E-state index in [9.17, 15) is 21.6 Å². The Balaban J connectivity index is 2.30. The number of nitrogens with one attached hydrogen (secondary N) is 1. The van der Waals surface area contributed by atoms with Gasteiger partial charge in [-0.15, -0.1) is 0 Å². The summed E-state index contributed by atoms with van der Waals surface area (Å²) in [6.45, 7) is 1.64. The second kappa shape index (κ2) is 4.51. The summed E-state index contributed by atoms with van der Waals surface area (Å²) in [6.07, 6.45) is -3.34. The van der Waals surface area contributed by atoms with Crippen molar-refractivity contribution < 1.29 is 21.6 Å². The summed E-state index contributed by atoms with van der Waals surface area (Å²) in [6, 6.07) is 0.797. The van der Waals surface area contributed by atoms with Gasteiger partial charge in [0.15, 0.2) is 9.84 Å². The van der Waals surface area contributed by atoms with Crippen molar-refractivity contribution in [3.05, 3.63) is 18.0 Å². The Bertz CT molecular complexity index is 630. The summed E-state index contributed by atoms with van der Waals surface area (Å²) in [5.74, 6) is -0.128. The molecule has 0 aliphatic carbocycles. The molecule has 3 N–H and O–H groups in total. The van der Waals surface area contributed by atoms with Crippen molar-refractivity contribution in [3.63, 3.8) is 0 Å². The molecular weight excluding hydrogens is 295 g/mol. The van der Waals surface area contributed by atoms with E-state index in [4.69, 9.17) is 5.73 Å². The van der Waals surface area contributed by atoms with Gasteiger partial charge in [-0.1, -0.05) is 0 Å². The predicted molar refractivity (Wildman–Crippen MR) is 68.9 cm³/mol. The van der Waals surface area contributed by atoms with Gasteiger partial charge in [0.05, 0.1) is 29.1 Å². The van der Waals surface area contributed by atoms with Crippen LogP contribution in [0.1, 0.15) is 19.0 Å². The molecular formula is C11H14F3N3O2S. The summed E-state index contributed by atoms with van der Waals surface area (Å²) >= 11 is 0. The maximum absolute atomic E-state index is 12.6. The van der Waals surface area contributed by atoms with Crippen molar-refractivity contribution in [1.29, 1.82) is 0 Å². The van der Waals surface area contributed by atoms with Gasteiger partial charge in [0.2, 0.25) is 0 Å². The Morgan fingerprint density at radius 1 is 1.45 bits per heavy atom. The summed E-state index contributed by atoms with van der Waals surface area (Å²) in [4.78, 5) is 3.23.